The van der Waals surface area contributed by atoms with Crippen LogP contribution in [0.25, 0.3) is 0 Å². The van der Waals surface area contributed by atoms with Gasteiger partial charge in [-0.1, -0.05) is 6.07 Å². The van der Waals surface area contributed by atoms with Crippen LogP contribution in [0.3, 0.4) is 0 Å². The number of amides is 1. The second-order valence-corrected chi connectivity index (χ2v) is 4.16. The van der Waals surface area contributed by atoms with Gasteiger partial charge in [0.25, 0.3) is 0 Å². The first-order valence-electron chi connectivity index (χ1n) is 5.51. The molecule has 94 valence electrons. The topological polar surface area (TPSA) is 87.6 Å². The van der Waals surface area contributed by atoms with Crippen molar-refractivity contribution < 1.29 is 19.5 Å². The molecule has 18 heavy (non-hydrogen) atoms. The molecule has 1 amide bonds. The van der Waals surface area contributed by atoms with Crippen LogP contribution in [0.15, 0.2) is 24.5 Å². The third kappa shape index (κ3) is 2.53. The number of carboxylic acids is 1. The Hall–Kier alpha value is -2.24. The highest BCUT2D eigenvalue weighted by Crippen LogP contribution is 2.15. The summed E-state index contributed by atoms with van der Waals surface area (Å²) >= 11 is 0. The van der Waals surface area contributed by atoms with E-state index in [4.69, 9.17) is 0 Å². The van der Waals surface area contributed by atoms with Crippen LogP contribution in [0, 0.1) is 0 Å². The highest BCUT2D eigenvalue weighted by Gasteiger charge is 2.36. The van der Waals surface area contributed by atoms with Crippen LogP contribution in [-0.4, -0.2) is 45.2 Å². The number of ketones is 1. The van der Waals surface area contributed by atoms with E-state index in [1.54, 1.807) is 24.5 Å². The Morgan fingerprint density at radius 2 is 2.28 bits per heavy atom. The van der Waals surface area contributed by atoms with Crippen molar-refractivity contribution in [2.24, 2.45) is 0 Å². The second-order valence-electron chi connectivity index (χ2n) is 4.16. The fourth-order valence-electron chi connectivity index (χ4n) is 1.96. The van der Waals surface area contributed by atoms with Crippen molar-refractivity contribution in [3.8, 4) is 0 Å². The van der Waals surface area contributed by atoms with Gasteiger partial charge in [0, 0.05) is 18.8 Å². The van der Waals surface area contributed by atoms with Crippen LogP contribution in [-0.2, 0) is 20.8 Å². The molecule has 0 radical (unpaired) electrons. The summed E-state index contributed by atoms with van der Waals surface area (Å²) < 4.78 is 0. The Morgan fingerprint density at radius 3 is 2.78 bits per heavy atom. The number of carboxylic acid groups (broad SMARTS) is 1. The minimum absolute atomic E-state index is 0.115. The average molecular weight is 248 g/mol. The summed E-state index contributed by atoms with van der Waals surface area (Å²) in [7, 11) is 0. The van der Waals surface area contributed by atoms with E-state index in [1.165, 1.54) is 0 Å². The number of aliphatic carboxylic acids is 1. The van der Waals surface area contributed by atoms with Gasteiger partial charge in [0.2, 0.25) is 5.91 Å². The third-order valence-electron chi connectivity index (χ3n) is 2.83. The van der Waals surface area contributed by atoms with Crippen molar-refractivity contribution >= 4 is 17.7 Å². The molecule has 2 heterocycles. The van der Waals surface area contributed by atoms with Gasteiger partial charge >= 0.3 is 5.97 Å². The summed E-state index contributed by atoms with van der Waals surface area (Å²) in [6, 6.07) is 2.43. The lowest BCUT2D eigenvalue weighted by Crippen LogP contribution is -2.43. The number of hydrogen-bond acceptors (Lipinski definition) is 4. The molecule has 1 N–H and O–H groups in total. The highest BCUT2D eigenvalue weighted by molar-refractivity contribution is 6.06. The first-order valence-corrected chi connectivity index (χ1v) is 5.51. The Bertz CT molecular complexity index is 486. The Balaban J connectivity index is 2.17. The van der Waals surface area contributed by atoms with Crippen LogP contribution in [0.5, 0.6) is 0 Å². The fraction of sp³-hybridized carbons (Fsp3) is 0.333. The molecule has 1 aromatic heterocycles. The molecule has 1 aliphatic heterocycles. The second kappa shape index (κ2) is 4.95. The Labute approximate surface area is 103 Å². The lowest BCUT2D eigenvalue weighted by Gasteiger charge is -2.23. The van der Waals surface area contributed by atoms with E-state index in [1.807, 2.05) is 0 Å². The number of rotatable bonds is 4. The van der Waals surface area contributed by atoms with E-state index >= 15 is 0 Å². The van der Waals surface area contributed by atoms with Gasteiger partial charge in [-0.2, -0.15) is 0 Å². The predicted molar refractivity (Wildman–Crippen MR) is 60.7 cm³/mol. The summed E-state index contributed by atoms with van der Waals surface area (Å²) in [5.41, 5.74) is 0.719. The molecule has 0 saturated carbocycles. The zero-order valence-electron chi connectivity index (χ0n) is 9.57. The fourth-order valence-corrected chi connectivity index (χ4v) is 1.96. The molecule has 1 atom stereocenters. The molecule has 6 heteroatoms. The van der Waals surface area contributed by atoms with E-state index in [0.29, 0.717) is 0 Å². The number of likely N-dealkylation sites (tertiary alicyclic amines) is 1. The van der Waals surface area contributed by atoms with Gasteiger partial charge < -0.3 is 10.0 Å². The molecule has 1 fully saturated rings. The molecule has 1 aliphatic rings. The minimum Gasteiger partial charge on any atom is -0.480 e. The van der Waals surface area contributed by atoms with Crippen LogP contribution in [0.2, 0.25) is 0 Å². The zero-order chi connectivity index (χ0) is 13.1. The van der Waals surface area contributed by atoms with Gasteiger partial charge in [-0.05, 0) is 11.6 Å². The largest absolute Gasteiger partial charge is 0.480 e. The highest BCUT2D eigenvalue weighted by atomic mass is 16.4. The van der Waals surface area contributed by atoms with E-state index in [0.717, 1.165) is 10.5 Å². The van der Waals surface area contributed by atoms with Gasteiger partial charge in [-0.3, -0.25) is 14.6 Å². The van der Waals surface area contributed by atoms with Gasteiger partial charge in [0.1, 0.15) is 6.04 Å². The molecule has 0 spiro atoms. The quantitative estimate of drug-likeness (QED) is 0.750. The van der Waals surface area contributed by atoms with Crippen LogP contribution < -0.4 is 0 Å². The van der Waals surface area contributed by atoms with E-state index < -0.39 is 17.9 Å². The smallest absolute Gasteiger partial charge is 0.326 e. The monoisotopic (exact) mass is 248 g/mol. The molecular formula is C12H12N2O4. The zero-order valence-corrected chi connectivity index (χ0v) is 9.57. The molecule has 0 aliphatic carbocycles. The maximum Gasteiger partial charge on any atom is 0.326 e. The summed E-state index contributed by atoms with van der Waals surface area (Å²) in [6.45, 7) is -0.115. The molecule has 0 aromatic carbocycles. The predicted octanol–water partition coefficient (Wildman–Crippen LogP) is -0.121. The number of hydrogen-bond donors (Lipinski definition) is 1. The molecule has 0 bridgehead atoms. The Morgan fingerprint density at radius 1 is 1.50 bits per heavy atom. The number of nitrogens with zero attached hydrogens (tertiary/aromatic N) is 2. The molecular weight excluding hydrogens is 236 g/mol. The first kappa shape index (κ1) is 12.2. The molecule has 1 unspecified atom stereocenters. The van der Waals surface area contributed by atoms with Crippen LogP contribution in [0.4, 0.5) is 0 Å². The minimum atomic E-state index is -1.11. The third-order valence-corrected chi connectivity index (χ3v) is 2.83. The summed E-state index contributed by atoms with van der Waals surface area (Å²) in [6.07, 6.45) is 3.10. The maximum atomic E-state index is 11.5. The summed E-state index contributed by atoms with van der Waals surface area (Å²) in [4.78, 5) is 39.0. The molecule has 6 nitrogen and oxygen atoms in total. The van der Waals surface area contributed by atoms with Crippen molar-refractivity contribution in [2.75, 3.05) is 6.54 Å². The average Bonchev–Trinajstić information content (AvgIpc) is 2.66. The van der Waals surface area contributed by atoms with Gasteiger partial charge in [0.05, 0.1) is 13.0 Å². The van der Waals surface area contributed by atoms with Crippen molar-refractivity contribution in [1.29, 1.82) is 0 Å². The van der Waals surface area contributed by atoms with Crippen molar-refractivity contribution in [2.45, 2.75) is 18.9 Å². The van der Waals surface area contributed by atoms with Crippen molar-refractivity contribution in [3.05, 3.63) is 30.1 Å². The summed E-state index contributed by atoms with van der Waals surface area (Å²) in [5, 5.41) is 9.17. The van der Waals surface area contributed by atoms with Crippen molar-refractivity contribution in [3.63, 3.8) is 0 Å². The standard InChI is InChI=1S/C12H12N2O4/c15-9-5-11(16)14(7-9)10(12(17)18)4-8-2-1-3-13-6-8/h1-3,6,10H,4-5,7H2,(H,17,18). The van der Waals surface area contributed by atoms with Crippen LogP contribution >= 0.6 is 0 Å². The Kier molecular flexibility index (Phi) is 3.36. The van der Waals surface area contributed by atoms with Gasteiger partial charge in [-0.25, -0.2) is 4.79 Å². The lowest BCUT2D eigenvalue weighted by atomic mass is 10.1. The lowest BCUT2D eigenvalue weighted by molar-refractivity contribution is -0.148. The molecule has 1 saturated heterocycles. The van der Waals surface area contributed by atoms with Crippen LogP contribution in [0.1, 0.15) is 12.0 Å². The number of carbonyl (C=O) groups is 3. The summed E-state index contributed by atoms with van der Waals surface area (Å²) in [5.74, 6) is -1.77. The van der Waals surface area contributed by atoms with E-state index in [9.17, 15) is 19.5 Å². The normalized spacial score (nSPS) is 17.0. The van der Waals surface area contributed by atoms with E-state index in [-0.39, 0.29) is 25.2 Å². The van der Waals surface area contributed by atoms with E-state index in [2.05, 4.69) is 4.98 Å². The number of carbonyl (C=O) groups excluding carboxylic acids is 2. The van der Waals surface area contributed by atoms with Gasteiger partial charge in [0.15, 0.2) is 5.78 Å². The first-order chi connectivity index (χ1) is 8.58. The number of Topliss-reactive ketones (excluding diaryl/α,β-unsaturated/α-hetero) is 1. The maximum absolute atomic E-state index is 11.5. The number of aromatic nitrogens is 1. The van der Waals surface area contributed by atoms with Gasteiger partial charge in [-0.15, -0.1) is 0 Å². The molecule has 2 rings (SSSR count). The van der Waals surface area contributed by atoms with Crippen molar-refractivity contribution in [1.82, 2.24) is 9.88 Å². The SMILES string of the molecule is O=C1CC(=O)N(C(Cc2cccnc2)C(=O)O)C1. The molecule has 1 aromatic rings. The number of pyridine rings is 1.